The number of carbonyl (C=O) groups is 2. The van der Waals surface area contributed by atoms with Gasteiger partial charge in [-0.15, -0.1) is 0 Å². The lowest BCUT2D eigenvalue weighted by atomic mass is 9.88. The van der Waals surface area contributed by atoms with Crippen LogP contribution in [0.5, 0.6) is 11.5 Å². The molecule has 1 heterocycles. The Kier molecular flexibility index (Phi) is 7.87. The Hall–Kier alpha value is -3.47. The number of hydrogen-bond donors (Lipinski definition) is 1. The molecule has 9 nitrogen and oxygen atoms in total. The monoisotopic (exact) mass is 492 g/mol. The molecule has 2 atom stereocenters. The Labute approximate surface area is 196 Å². The number of ether oxygens (including phenoxy) is 3. The SMILES string of the molecule is CCOC(=O)C1C(CS(=O)(=O)c2ccc(F)cc2)=NC(=O)NC1c1ccc(OCC)c(OC)c1. The van der Waals surface area contributed by atoms with Crippen LogP contribution in [0.3, 0.4) is 0 Å². The zero-order valence-corrected chi connectivity index (χ0v) is 19.7. The Morgan fingerprint density at radius 1 is 1.09 bits per heavy atom. The number of nitrogens with zero attached hydrogens (tertiary/aromatic N) is 1. The maximum atomic E-state index is 13.3. The van der Waals surface area contributed by atoms with Crippen molar-refractivity contribution in [3.8, 4) is 11.5 Å². The summed E-state index contributed by atoms with van der Waals surface area (Å²) in [6.07, 6.45) is 0. The van der Waals surface area contributed by atoms with E-state index in [9.17, 15) is 22.4 Å². The van der Waals surface area contributed by atoms with Crippen LogP contribution in [0.4, 0.5) is 9.18 Å². The molecule has 0 aliphatic carbocycles. The fourth-order valence-corrected chi connectivity index (χ4v) is 4.97. The highest BCUT2D eigenvalue weighted by molar-refractivity contribution is 7.92. The van der Waals surface area contributed by atoms with Crippen molar-refractivity contribution in [2.45, 2.75) is 24.8 Å². The fourth-order valence-electron chi connectivity index (χ4n) is 3.62. The second-order valence-electron chi connectivity index (χ2n) is 7.32. The summed E-state index contributed by atoms with van der Waals surface area (Å²) in [6.45, 7) is 3.87. The number of urea groups is 1. The molecule has 11 heteroatoms. The van der Waals surface area contributed by atoms with Crippen LogP contribution in [0, 0.1) is 11.7 Å². The van der Waals surface area contributed by atoms with Crippen LogP contribution in [-0.2, 0) is 19.4 Å². The predicted octanol–water partition coefficient (Wildman–Crippen LogP) is 3.09. The lowest BCUT2D eigenvalue weighted by molar-refractivity contribution is -0.146. The van der Waals surface area contributed by atoms with Gasteiger partial charge in [-0.1, -0.05) is 6.07 Å². The van der Waals surface area contributed by atoms with E-state index in [1.165, 1.54) is 7.11 Å². The average Bonchev–Trinajstić information content (AvgIpc) is 2.79. The molecule has 0 aromatic heterocycles. The Balaban J connectivity index is 2.03. The number of methoxy groups -OCH3 is 1. The number of sulfone groups is 1. The molecule has 2 amide bonds. The van der Waals surface area contributed by atoms with Crippen LogP contribution in [-0.4, -0.2) is 52.2 Å². The summed E-state index contributed by atoms with van der Waals surface area (Å²) in [4.78, 5) is 29.0. The molecular weight excluding hydrogens is 467 g/mol. The third-order valence-electron chi connectivity index (χ3n) is 5.11. The van der Waals surface area contributed by atoms with E-state index in [1.807, 2.05) is 6.92 Å². The van der Waals surface area contributed by atoms with Crippen molar-refractivity contribution in [2.75, 3.05) is 26.1 Å². The van der Waals surface area contributed by atoms with E-state index in [2.05, 4.69) is 10.3 Å². The minimum atomic E-state index is -4.04. The zero-order valence-electron chi connectivity index (χ0n) is 18.9. The van der Waals surface area contributed by atoms with Gasteiger partial charge in [-0.05, 0) is 55.8 Å². The summed E-state index contributed by atoms with van der Waals surface area (Å²) in [5, 5.41) is 2.62. The molecule has 0 radical (unpaired) electrons. The van der Waals surface area contributed by atoms with E-state index in [4.69, 9.17) is 14.2 Å². The van der Waals surface area contributed by atoms with Crippen molar-refractivity contribution in [3.63, 3.8) is 0 Å². The highest BCUT2D eigenvalue weighted by atomic mass is 32.2. The van der Waals surface area contributed by atoms with Crippen LogP contribution in [0.15, 0.2) is 52.4 Å². The van der Waals surface area contributed by atoms with Crippen LogP contribution < -0.4 is 14.8 Å². The maximum absolute atomic E-state index is 13.3. The van der Waals surface area contributed by atoms with Gasteiger partial charge in [-0.3, -0.25) is 4.79 Å². The van der Waals surface area contributed by atoms with Crippen LogP contribution >= 0.6 is 0 Å². The summed E-state index contributed by atoms with van der Waals surface area (Å²) in [7, 11) is -2.59. The molecule has 2 unspecified atom stereocenters. The Morgan fingerprint density at radius 3 is 2.41 bits per heavy atom. The number of carbonyl (C=O) groups excluding carboxylic acids is 2. The van der Waals surface area contributed by atoms with Crippen LogP contribution in [0.25, 0.3) is 0 Å². The van der Waals surface area contributed by atoms with E-state index < -0.39 is 45.4 Å². The van der Waals surface area contributed by atoms with Crippen LogP contribution in [0.1, 0.15) is 25.5 Å². The standard InChI is InChI=1S/C23H25FN2O7S/c1-4-32-18-11-6-14(12-19(18)31-3)21-20(22(27)33-5-2)17(25-23(28)26-21)13-34(29,30)16-9-7-15(24)8-10-16/h6-12,20-21H,4-5,13H2,1-3H3,(H,26,28). The first-order chi connectivity index (χ1) is 16.2. The molecule has 0 spiro atoms. The molecule has 1 aliphatic rings. The number of aliphatic imine (C=N–C) groups is 1. The van der Waals surface area contributed by atoms with Gasteiger partial charge in [0.1, 0.15) is 11.7 Å². The molecule has 3 rings (SSSR count). The lowest BCUT2D eigenvalue weighted by Crippen LogP contribution is -2.47. The number of hydrogen-bond acceptors (Lipinski definition) is 7. The Bertz CT molecular complexity index is 1200. The maximum Gasteiger partial charge on any atom is 0.341 e. The summed E-state index contributed by atoms with van der Waals surface area (Å²) in [5.74, 6) is -2.43. The number of halogens is 1. The molecule has 34 heavy (non-hydrogen) atoms. The average molecular weight is 493 g/mol. The van der Waals surface area contributed by atoms with Gasteiger partial charge in [-0.2, -0.15) is 0 Å². The molecule has 2 aromatic rings. The first-order valence-electron chi connectivity index (χ1n) is 10.5. The second kappa shape index (κ2) is 10.6. The van der Waals surface area contributed by atoms with E-state index in [0.29, 0.717) is 23.7 Å². The highest BCUT2D eigenvalue weighted by Crippen LogP contribution is 2.35. The molecule has 0 saturated heterocycles. The van der Waals surface area contributed by atoms with Gasteiger partial charge in [-0.25, -0.2) is 22.6 Å². The summed E-state index contributed by atoms with van der Waals surface area (Å²) < 4.78 is 55.3. The molecule has 1 aliphatic heterocycles. The van der Waals surface area contributed by atoms with E-state index in [-0.39, 0.29) is 17.2 Å². The summed E-state index contributed by atoms with van der Waals surface area (Å²) in [6, 6.07) is 7.36. The smallest absolute Gasteiger partial charge is 0.341 e. The van der Waals surface area contributed by atoms with E-state index in [0.717, 1.165) is 24.3 Å². The third kappa shape index (κ3) is 5.53. The zero-order chi connectivity index (χ0) is 24.9. The quantitative estimate of drug-likeness (QED) is 0.422. The largest absolute Gasteiger partial charge is 0.493 e. The fraction of sp³-hybridized carbons (Fsp3) is 0.348. The molecule has 0 saturated carbocycles. The van der Waals surface area contributed by atoms with Crippen LogP contribution in [0.2, 0.25) is 0 Å². The van der Waals surface area contributed by atoms with Gasteiger partial charge in [0.25, 0.3) is 0 Å². The van der Waals surface area contributed by atoms with Gasteiger partial charge >= 0.3 is 12.0 Å². The van der Waals surface area contributed by atoms with E-state index in [1.54, 1.807) is 25.1 Å². The predicted molar refractivity (Wildman–Crippen MR) is 121 cm³/mol. The van der Waals surface area contributed by atoms with Crippen molar-refractivity contribution < 1.29 is 36.6 Å². The number of nitrogens with one attached hydrogen (secondary N) is 1. The first-order valence-corrected chi connectivity index (χ1v) is 12.2. The minimum Gasteiger partial charge on any atom is -0.493 e. The van der Waals surface area contributed by atoms with Gasteiger partial charge in [0.15, 0.2) is 21.3 Å². The molecule has 182 valence electrons. The Morgan fingerprint density at radius 2 is 1.79 bits per heavy atom. The lowest BCUT2D eigenvalue weighted by Gasteiger charge is -2.31. The van der Waals surface area contributed by atoms with Gasteiger partial charge < -0.3 is 19.5 Å². The second-order valence-corrected chi connectivity index (χ2v) is 9.31. The van der Waals surface area contributed by atoms with Crippen molar-refractivity contribution in [1.29, 1.82) is 0 Å². The molecule has 0 bridgehead atoms. The third-order valence-corrected chi connectivity index (χ3v) is 6.78. The van der Waals surface area contributed by atoms with Crippen molar-refractivity contribution in [2.24, 2.45) is 10.9 Å². The molecule has 2 aromatic carbocycles. The van der Waals surface area contributed by atoms with E-state index >= 15 is 0 Å². The minimum absolute atomic E-state index is 0.0423. The van der Waals surface area contributed by atoms with Crippen molar-refractivity contribution >= 4 is 27.5 Å². The number of amides is 2. The van der Waals surface area contributed by atoms with Gasteiger partial charge in [0.2, 0.25) is 0 Å². The van der Waals surface area contributed by atoms with Crippen molar-refractivity contribution in [1.82, 2.24) is 5.32 Å². The molecule has 1 N–H and O–H groups in total. The highest BCUT2D eigenvalue weighted by Gasteiger charge is 2.42. The molecule has 0 fully saturated rings. The summed E-state index contributed by atoms with van der Waals surface area (Å²) >= 11 is 0. The van der Waals surface area contributed by atoms with Gasteiger partial charge in [0.05, 0.1) is 42.7 Å². The summed E-state index contributed by atoms with van der Waals surface area (Å²) in [5.41, 5.74) is 0.294. The normalized spacial score (nSPS) is 18.0. The number of rotatable bonds is 9. The number of esters is 1. The van der Waals surface area contributed by atoms with Gasteiger partial charge in [0, 0.05) is 0 Å². The van der Waals surface area contributed by atoms with Crippen molar-refractivity contribution in [3.05, 3.63) is 53.8 Å². The first kappa shape index (κ1) is 25.2. The topological polar surface area (TPSA) is 120 Å². The molecular formula is C23H25FN2O7S. The number of benzene rings is 2.